The SMILES string of the molecule is Cc1cscc1CC1CCNC1. The summed E-state index contributed by atoms with van der Waals surface area (Å²) in [5.74, 6) is 0.887. The highest BCUT2D eigenvalue weighted by Crippen LogP contribution is 2.20. The average molecular weight is 181 g/mol. The molecule has 1 aromatic heterocycles. The molecule has 1 nitrogen and oxygen atoms in total. The van der Waals surface area contributed by atoms with E-state index in [-0.39, 0.29) is 0 Å². The zero-order valence-electron chi connectivity index (χ0n) is 7.47. The van der Waals surface area contributed by atoms with Crippen molar-refractivity contribution in [3.8, 4) is 0 Å². The normalized spacial score (nSPS) is 23.2. The van der Waals surface area contributed by atoms with Crippen LogP contribution >= 0.6 is 11.3 Å². The summed E-state index contributed by atoms with van der Waals surface area (Å²) in [4.78, 5) is 0. The molecule has 1 saturated heterocycles. The van der Waals surface area contributed by atoms with E-state index in [4.69, 9.17) is 0 Å². The average Bonchev–Trinajstić information content (AvgIpc) is 2.65. The lowest BCUT2D eigenvalue weighted by Gasteiger charge is -2.06. The van der Waals surface area contributed by atoms with Crippen LogP contribution in [0.4, 0.5) is 0 Å². The molecule has 1 fully saturated rings. The Hall–Kier alpha value is -0.340. The lowest BCUT2D eigenvalue weighted by molar-refractivity contribution is 0.580. The maximum absolute atomic E-state index is 3.41. The van der Waals surface area contributed by atoms with Crippen molar-refractivity contribution in [1.29, 1.82) is 0 Å². The van der Waals surface area contributed by atoms with Gasteiger partial charge >= 0.3 is 0 Å². The quantitative estimate of drug-likeness (QED) is 0.737. The molecule has 2 heterocycles. The van der Waals surface area contributed by atoms with Gasteiger partial charge in [-0.25, -0.2) is 0 Å². The largest absolute Gasteiger partial charge is 0.316 e. The van der Waals surface area contributed by atoms with Crippen LogP contribution in [-0.2, 0) is 6.42 Å². The summed E-state index contributed by atoms with van der Waals surface area (Å²) < 4.78 is 0. The van der Waals surface area contributed by atoms with Crippen LogP contribution in [0.5, 0.6) is 0 Å². The summed E-state index contributed by atoms with van der Waals surface area (Å²) in [5.41, 5.74) is 3.04. The van der Waals surface area contributed by atoms with Crippen molar-refractivity contribution in [3.63, 3.8) is 0 Å². The highest BCUT2D eigenvalue weighted by Gasteiger charge is 2.15. The fraction of sp³-hybridized carbons (Fsp3) is 0.600. The number of rotatable bonds is 2. The van der Waals surface area contributed by atoms with Crippen LogP contribution in [0.1, 0.15) is 17.5 Å². The van der Waals surface area contributed by atoms with Crippen molar-refractivity contribution in [2.75, 3.05) is 13.1 Å². The van der Waals surface area contributed by atoms with Crippen LogP contribution < -0.4 is 5.32 Å². The standard InChI is InChI=1S/C10H15NS/c1-8-6-12-7-10(8)4-9-2-3-11-5-9/h6-7,9,11H,2-5H2,1H3. The molecular formula is C10H15NS. The van der Waals surface area contributed by atoms with Crippen LogP contribution in [-0.4, -0.2) is 13.1 Å². The van der Waals surface area contributed by atoms with Gasteiger partial charge in [0, 0.05) is 0 Å². The maximum atomic E-state index is 3.41. The second-order valence-corrected chi connectivity index (χ2v) is 4.39. The van der Waals surface area contributed by atoms with E-state index in [9.17, 15) is 0 Å². The van der Waals surface area contributed by atoms with Crippen molar-refractivity contribution < 1.29 is 0 Å². The van der Waals surface area contributed by atoms with E-state index in [0.29, 0.717) is 0 Å². The van der Waals surface area contributed by atoms with Gasteiger partial charge in [0.1, 0.15) is 0 Å². The summed E-state index contributed by atoms with van der Waals surface area (Å²) in [6.07, 6.45) is 2.64. The van der Waals surface area contributed by atoms with Gasteiger partial charge in [0.2, 0.25) is 0 Å². The molecule has 2 rings (SSSR count). The first-order valence-corrected chi connectivity index (χ1v) is 5.53. The first-order chi connectivity index (χ1) is 5.86. The summed E-state index contributed by atoms with van der Waals surface area (Å²) in [5, 5.41) is 7.95. The van der Waals surface area contributed by atoms with Gasteiger partial charge in [0.25, 0.3) is 0 Å². The Morgan fingerprint density at radius 2 is 2.50 bits per heavy atom. The molecule has 0 saturated carbocycles. The van der Waals surface area contributed by atoms with E-state index in [1.807, 2.05) is 11.3 Å². The molecule has 2 heteroatoms. The van der Waals surface area contributed by atoms with Crippen molar-refractivity contribution in [1.82, 2.24) is 5.32 Å². The third-order valence-corrected chi connectivity index (χ3v) is 3.54. The number of hydrogen-bond acceptors (Lipinski definition) is 2. The van der Waals surface area contributed by atoms with Gasteiger partial charge in [0.05, 0.1) is 0 Å². The predicted octanol–water partition coefficient (Wildman–Crippen LogP) is 2.21. The molecule has 0 aromatic carbocycles. The minimum Gasteiger partial charge on any atom is -0.316 e. The zero-order chi connectivity index (χ0) is 8.39. The monoisotopic (exact) mass is 181 g/mol. The van der Waals surface area contributed by atoms with E-state index >= 15 is 0 Å². The molecule has 0 radical (unpaired) electrons. The Bertz CT molecular complexity index is 248. The third kappa shape index (κ3) is 1.70. The van der Waals surface area contributed by atoms with Crippen LogP contribution in [0.3, 0.4) is 0 Å². The van der Waals surface area contributed by atoms with Gasteiger partial charge in [-0.05, 0) is 60.7 Å². The highest BCUT2D eigenvalue weighted by atomic mass is 32.1. The third-order valence-electron chi connectivity index (χ3n) is 2.63. The molecule has 0 amide bonds. The highest BCUT2D eigenvalue weighted by molar-refractivity contribution is 7.08. The molecule has 66 valence electrons. The first-order valence-electron chi connectivity index (χ1n) is 4.58. The van der Waals surface area contributed by atoms with E-state index < -0.39 is 0 Å². The minimum atomic E-state index is 0.887. The molecule has 1 aliphatic rings. The van der Waals surface area contributed by atoms with Crippen LogP contribution in [0, 0.1) is 12.8 Å². The van der Waals surface area contributed by atoms with E-state index in [2.05, 4.69) is 23.0 Å². The van der Waals surface area contributed by atoms with Crippen molar-refractivity contribution in [2.45, 2.75) is 19.8 Å². The van der Waals surface area contributed by atoms with E-state index in [1.54, 1.807) is 5.56 Å². The van der Waals surface area contributed by atoms with Crippen molar-refractivity contribution >= 4 is 11.3 Å². The first kappa shape index (κ1) is 8.27. The molecule has 0 bridgehead atoms. The molecule has 1 N–H and O–H groups in total. The molecule has 1 aromatic rings. The second kappa shape index (κ2) is 3.58. The van der Waals surface area contributed by atoms with E-state index in [1.165, 1.54) is 31.5 Å². The number of nitrogens with one attached hydrogen (secondary N) is 1. The summed E-state index contributed by atoms with van der Waals surface area (Å²) >= 11 is 1.83. The summed E-state index contributed by atoms with van der Waals surface area (Å²) in [7, 11) is 0. The lowest BCUT2D eigenvalue weighted by atomic mass is 9.99. The Balaban J connectivity index is 1.98. The number of thiophene rings is 1. The zero-order valence-corrected chi connectivity index (χ0v) is 8.29. The van der Waals surface area contributed by atoms with Crippen molar-refractivity contribution in [2.24, 2.45) is 5.92 Å². The predicted molar refractivity (Wildman–Crippen MR) is 53.7 cm³/mol. The van der Waals surface area contributed by atoms with Gasteiger partial charge in [-0.3, -0.25) is 0 Å². The minimum absolute atomic E-state index is 0.887. The fourth-order valence-electron chi connectivity index (χ4n) is 1.80. The number of aryl methyl sites for hydroxylation is 1. The molecule has 12 heavy (non-hydrogen) atoms. The Kier molecular flexibility index (Phi) is 2.47. The maximum Gasteiger partial charge on any atom is -0.00169 e. The summed E-state index contributed by atoms with van der Waals surface area (Å²) in [6, 6.07) is 0. The van der Waals surface area contributed by atoms with Crippen LogP contribution in [0.25, 0.3) is 0 Å². The molecule has 1 unspecified atom stereocenters. The Morgan fingerprint density at radius 3 is 3.08 bits per heavy atom. The molecule has 1 aliphatic heterocycles. The van der Waals surface area contributed by atoms with Gasteiger partial charge in [-0.2, -0.15) is 11.3 Å². The van der Waals surface area contributed by atoms with Gasteiger partial charge in [0.15, 0.2) is 0 Å². The van der Waals surface area contributed by atoms with E-state index in [0.717, 1.165) is 5.92 Å². The number of hydrogen-bond donors (Lipinski definition) is 1. The lowest BCUT2D eigenvalue weighted by Crippen LogP contribution is -2.10. The Morgan fingerprint density at radius 1 is 1.58 bits per heavy atom. The summed E-state index contributed by atoms with van der Waals surface area (Å²) in [6.45, 7) is 4.65. The smallest absolute Gasteiger partial charge is 0.00169 e. The van der Waals surface area contributed by atoms with Crippen LogP contribution in [0.2, 0.25) is 0 Å². The second-order valence-electron chi connectivity index (χ2n) is 3.64. The van der Waals surface area contributed by atoms with Gasteiger partial charge in [-0.15, -0.1) is 0 Å². The molecule has 0 spiro atoms. The van der Waals surface area contributed by atoms with Crippen LogP contribution in [0.15, 0.2) is 10.8 Å². The Labute approximate surface area is 77.8 Å². The van der Waals surface area contributed by atoms with Crippen molar-refractivity contribution in [3.05, 3.63) is 21.9 Å². The van der Waals surface area contributed by atoms with Gasteiger partial charge in [-0.1, -0.05) is 0 Å². The fourth-order valence-corrected chi connectivity index (χ4v) is 2.67. The molecule has 1 atom stereocenters. The topological polar surface area (TPSA) is 12.0 Å². The van der Waals surface area contributed by atoms with Gasteiger partial charge < -0.3 is 5.32 Å². The molecular weight excluding hydrogens is 166 g/mol. The molecule has 0 aliphatic carbocycles.